The number of nitrogen functional groups attached to an aromatic ring is 2. The number of nitrogens with zero attached hydrogens (tertiary/aromatic N) is 6. The molecule has 0 radical (unpaired) electrons. The summed E-state index contributed by atoms with van der Waals surface area (Å²) in [4.78, 5) is 19.9. The third kappa shape index (κ3) is 6.27. The Labute approximate surface area is 298 Å². The summed E-state index contributed by atoms with van der Waals surface area (Å²) in [5, 5.41) is 2.13. The molecule has 8 nitrogen and oxygen atoms in total. The highest BCUT2D eigenvalue weighted by molar-refractivity contribution is 6.07. The molecule has 8 rings (SSSR count). The second kappa shape index (κ2) is 12.5. The van der Waals surface area contributed by atoms with E-state index in [1.807, 2.05) is 24.3 Å². The minimum atomic E-state index is -0.110. The van der Waals surface area contributed by atoms with E-state index in [2.05, 4.69) is 122 Å². The third-order valence-electron chi connectivity index (χ3n) is 9.98. The van der Waals surface area contributed by atoms with Crippen molar-refractivity contribution >= 4 is 55.5 Å². The Morgan fingerprint density at radius 3 is 1.27 bits per heavy atom. The van der Waals surface area contributed by atoms with Gasteiger partial charge in [0.1, 0.15) is 22.7 Å². The van der Waals surface area contributed by atoms with Crippen LogP contribution in [0.2, 0.25) is 0 Å². The second-order valence-electron chi connectivity index (χ2n) is 15.5. The van der Waals surface area contributed by atoms with Gasteiger partial charge in [-0.15, -0.1) is 0 Å². The number of nitrogens with two attached hydrogens (primary N) is 2. The molecule has 0 saturated heterocycles. The minimum absolute atomic E-state index is 0.110. The van der Waals surface area contributed by atoms with Crippen molar-refractivity contribution in [2.75, 3.05) is 11.5 Å². The smallest absolute Gasteiger partial charge is 0.152 e. The van der Waals surface area contributed by atoms with E-state index in [1.165, 1.54) is 11.1 Å². The summed E-state index contributed by atoms with van der Waals surface area (Å²) in [6.07, 6.45) is 2.48. The summed E-state index contributed by atoms with van der Waals surface area (Å²) in [7, 11) is 0. The van der Waals surface area contributed by atoms with Crippen LogP contribution in [0.25, 0.3) is 43.9 Å². The summed E-state index contributed by atoms with van der Waals surface area (Å²) < 4.78 is 4.72. The predicted molar refractivity (Wildman–Crippen MR) is 210 cm³/mol. The summed E-state index contributed by atoms with van der Waals surface area (Å²) >= 11 is 0. The van der Waals surface area contributed by atoms with Crippen LogP contribution >= 0.6 is 0 Å². The molecule has 0 saturated carbocycles. The van der Waals surface area contributed by atoms with Gasteiger partial charge >= 0.3 is 0 Å². The van der Waals surface area contributed by atoms with Gasteiger partial charge in [-0.25, -0.2) is 19.9 Å². The summed E-state index contributed by atoms with van der Waals surface area (Å²) in [5.74, 6) is 2.96. The van der Waals surface area contributed by atoms with E-state index in [0.29, 0.717) is 24.7 Å². The molecule has 0 aliphatic rings. The molecule has 4 N–H and O–H groups in total. The molecule has 0 aliphatic carbocycles. The van der Waals surface area contributed by atoms with Gasteiger partial charge in [-0.2, -0.15) is 0 Å². The van der Waals surface area contributed by atoms with Crippen LogP contribution in [0.4, 0.5) is 11.6 Å². The molecule has 4 aromatic heterocycles. The summed E-state index contributed by atoms with van der Waals surface area (Å²) in [5.41, 5.74) is 20.8. The van der Waals surface area contributed by atoms with Crippen molar-refractivity contribution in [1.29, 1.82) is 0 Å². The van der Waals surface area contributed by atoms with Gasteiger partial charge < -0.3 is 20.6 Å². The number of imidazole rings is 2. The highest BCUT2D eigenvalue weighted by atomic mass is 15.1. The fraction of sp³-hybridized carbons (Fsp3) is 0.256. The molecular formula is C43H44N8. The molecule has 4 aromatic carbocycles. The Morgan fingerprint density at radius 1 is 0.490 bits per heavy atom. The Hall–Kier alpha value is -5.76. The predicted octanol–water partition coefficient (Wildman–Crippen LogP) is 8.97. The van der Waals surface area contributed by atoms with Crippen LogP contribution in [0.1, 0.15) is 56.9 Å². The van der Waals surface area contributed by atoms with Crippen LogP contribution < -0.4 is 11.5 Å². The molecule has 0 unspecified atom stereocenters. The lowest BCUT2D eigenvalue weighted by Gasteiger charge is -2.35. The molecule has 0 bridgehead atoms. The lowest BCUT2D eigenvalue weighted by Crippen LogP contribution is -2.29. The summed E-state index contributed by atoms with van der Waals surface area (Å²) in [6, 6.07) is 37.6. The van der Waals surface area contributed by atoms with Crippen molar-refractivity contribution in [3.05, 3.63) is 132 Å². The number of hydrogen-bond acceptors (Lipinski definition) is 6. The Kier molecular flexibility index (Phi) is 7.97. The van der Waals surface area contributed by atoms with Crippen molar-refractivity contribution in [1.82, 2.24) is 29.1 Å². The average Bonchev–Trinajstić information content (AvgIpc) is 3.63. The van der Waals surface area contributed by atoms with E-state index in [9.17, 15) is 0 Å². The fourth-order valence-electron chi connectivity index (χ4n) is 8.23. The maximum absolute atomic E-state index is 6.59. The zero-order valence-corrected chi connectivity index (χ0v) is 29.8. The molecule has 256 valence electrons. The molecule has 0 amide bonds. The fourth-order valence-corrected chi connectivity index (χ4v) is 8.23. The van der Waals surface area contributed by atoms with Crippen molar-refractivity contribution in [3.8, 4) is 0 Å². The Morgan fingerprint density at radius 2 is 0.863 bits per heavy atom. The van der Waals surface area contributed by atoms with E-state index in [-0.39, 0.29) is 10.8 Å². The molecule has 51 heavy (non-hydrogen) atoms. The molecule has 8 aromatic rings. The Balaban J connectivity index is 1.17. The van der Waals surface area contributed by atoms with Crippen molar-refractivity contribution < 1.29 is 0 Å². The summed E-state index contributed by atoms with van der Waals surface area (Å²) in [6.45, 7) is 10.8. The van der Waals surface area contributed by atoms with Gasteiger partial charge in [-0.05, 0) is 40.5 Å². The van der Waals surface area contributed by atoms with Gasteiger partial charge in [-0.3, -0.25) is 0 Å². The second-order valence-corrected chi connectivity index (χ2v) is 15.5. The molecule has 4 heterocycles. The minimum Gasteiger partial charge on any atom is -0.382 e. The first-order valence-electron chi connectivity index (χ1n) is 17.7. The Bertz CT molecular complexity index is 2350. The third-order valence-corrected chi connectivity index (χ3v) is 9.98. The van der Waals surface area contributed by atoms with E-state index < -0.39 is 0 Å². The number of para-hydroxylation sites is 2. The van der Waals surface area contributed by atoms with Crippen LogP contribution in [0.5, 0.6) is 0 Å². The average molecular weight is 673 g/mol. The number of aromatic nitrogens is 6. The lowest BCUT2D eigenvalue weighted by atomic mass is 9.71. The largest absolute Gasteiger partial charge is 0.382 e. The highest BCUT2D eigenvalue weighted by Gasteiger charge is 2.33. The van der Waals surface area contributed by atoms with Crippen LogP contribution in [0, 0.1) is 10.8 Å². The van der Waals surface area contributed by atoms with E-state index in [1.54, 1.807) is 0 Å². The zero-order chi connectivity index (χ0) is 35.3. The van der Waals surface area contributed by atoms with Gasteiger partial charge in [0.25, 0.3) is 0 Å². The van der Waals surface area contributed by atoms with Gasteiger partial charge in [0.05, 0.1) is 22.1 Å². The van der Waals surface area contributed by atoms with Gasteiger partial charge in [-0.1, -0.05) is 125 Å². The molecule has 0 aliphatic heterocycles. The number of pyridine rings is 2. The molecule has 8 heteroatoms. The first-order valence-corrected chi connectivity index (χ1v) is 17.7. The standard InChI is InChI=1S/C43H44N8/c1-42(2,23-34-48-36-38(50(34)25-28-15-7-5-8-16-28)30-19-11-13-21-32(30)46-40(36)44)27-43(3,4)24-35-49-37-39(51(35)26-29-17-9-6-10-18-29)31-20-12-14-22-33(31)47-41(37)45/h5-22H,23-27H2,1-4H3,(H2,44,46)(H2,45,47). The molecule has 0 fully saturated rings. The van der Waals surface area contributed by atoms with E-state index >= 15 is 0 Å². The van der Waals surface area contributed by atoms with Crippen molar-refractivity contribution in [3.63, 3.8) is 0 Å². The van der Waals surface area contributed by atoms with Crippen molar-refractivity contribution in [2.24, 2.45) is 10.8 Å². The van der Waals surface area contributed by atoms with E-state index in [4.69, 9.17) is 31.4 Å². The van der Waals surface area contributed by atoms with Crippen molar-refractivity contribution in [2.45, 2.75) is 60.0 Å². The number of benzene rings is 4. The van der Waals surface area contributed by atoms with Crippen LogP contribution in [0.3, 0.4) is 0 Å². The highest BCUT2D eigenvalue weighted by Crippen LogP contribution is 2.41. The topological polar surface area (TPSA) is 113 Å². The monoisotopic (exact) mass is 672 g/mol. The lowest BCUT2D eigenvalue weighted by molar-refractivity contribution is 0.185. The van der Waals surface area contributed by atoms with Crippen LogP contribution in [-0.2, 0) is 25.9 Å². The van der Waals surface area contributed by atoms with E-state index in [0.717, 1.165) is 74.8 Å². The molecular weight excluding hydrogens is 629 g/mol. The van der Waals surface area contributed by atoms with Gasteiger partial charge in [0.15, 0.2) is 11.6 Å². The number of hydrogen-bond donors (Lipinski definition) is 2. The number of rotatable bonds is 10. The number of anilines is 2. The first kappa shape index (κ1) is 32.4. The van der Waals surface area contributed by atoms with Crippen LogP contribution in [-0.4, -0.2) is 29.1 Å². The van der Waals surface area contributed by atoms with Gasteiger partial charge in [0, 0.05) is 36.7 Å². The van der Waals surface area contributed by atoms with Crippen LogP contribution in [0.15, 0.2) is 109 Å². The van der Waals surface area contributed by atoms with Gasteiger partial charge in [0.2, 0.25) is 0 Å². The normalized spacial score (nSPS) is 12.5. The zero-order valence-electron chi connectivity index (χ0n) is 29.8. The first-order chi connectivity index (χ1) is 24.6. The SMILES string of the molecule is CC(C)(Cc1nc2c(N)nc3ccccc3c2n1Cc1ccccc1)CC(C)(C)Cc1nc2c(N)nc3ccccc3c2n1Cc1ccccc1. The quantitative estimate of drug-likeness (QED) is 0.150. The number of fused-ring (bicyclic) bond motifs is 6. The maximum Gasteiger partial charge on any atom is 0.152 e. The molecule has 0 spiro atoms. The molecule has 0 atom stereocenters. The maximum atomic E-state index is 6.59.